The fraction of sp³-hybridized carbons (Fsp3) is 0.167. The van der Waals surface area contributed by atoms with Crippen LogP contribution < -0.4 is 10.6 Å². The molecule has 3 rings (SSSR count). The first-order chi connectivity index (χ1) is 12.3. The highest BCUT2D eigenvalue weighted by Crippen LogP contribution is 2.25. The van der Waals surface area contributed by atoms with E-state index in [1.807, 2.05) is 42.5 Å². The van der Waals surface area contributed by atoms with Crippen LogP contribution in [-0.4, -0.2) is 33.2 Å². The number of para-hydroxylation sites is 1. The van der Waals surface area contributed by atoms with Gasteiger partial charge in [-0.05, 0) is 53.3 Å². The van der Waals surface area contributed by atoms with Crippen molar-refractivity contribution in [3.63, 3.8) is 0 Å². The molecule has 0 spiro atoms. The monoisotopic (exact) mass is 447 g/mol. The Bertz CT molecular complexity index is 829. The average molecular weight is 447 g/mol. The fourth-order valence-corrected chi connectivity index (χ4v) is 2.76. The summed E-state index contributed by atoms with van der Waals surface area (Å²) in [5.41, 5.74) is 2.76. The molecule has 0 bridgehead atoms. The largest absolute Gasteiger partial charge is 0.396 e. The summed E-state index contributed by atoms with van der Waals surface area (Å²) in [5.74, 6) is 1.23. The van der Waals surface area contributed by atoms with Crippen LogP contribution in [0.15, 0.2) is 54.9 Å². The minimum Gasteiger partial charge on any atom is -0.396 e. The second kappa shape index (κ2) is 8.72. The molecule has 3 N–H and O–H groups in total. The fourth-order valence-electron chi connectivity index (χ4n) is 2.24. The van der Waals surface area contributed by atoms with Crippen LogP contribution in [0, 0.1) is 3.57 Å². The lowest BCUT2D eigenvalue weighted by molar-refractivity contribution is 0.292. The number of pyridine rings is 1. The van der Waals surface area contributed by atoms with E-state index in [4.69, 9.17) is 5.11 Å². The quantitative estimate of drug-likeness (QED) is 0.379. The minimum atomic E-state index is 0.129. The SMILES string of the molecule is OCCCNc1nc(Nc2ccccc2I)cc(-c2ccncc2)n1. The predicted molar refractivity (Wildman–Crippen MR) is 108 cm³/mol. The lowest BCUT2D eigenvalue weighted by atomic mass is 10.2. The number of aliphatic hydroxyl groups is 1. The molecule has 0 aliphatic heterocycles. The molecule has 3 aromatic rings. The zero-order valence-electron chi connectivity index (χ0n) is 13.5. The average Bonchev–Trinajstić information content (AvgIpc) is 2.64. The maximum absolute atomic E-state index is 8.96. The molecule has 25 heavy (non-hydrogen) atoms. The Kier molecular flexibility index (Phi) is 6.13. The normalized spacial score (nSPS) is 10.5. The van der Waals surface area contributed by atoms with Crippen molar-refractivity contribution in [3.8, 4) is 11.3 Å². The number of aliphatic hydroxyl groups excluding tert-OH is 1. The summed E-state index contributed by atoms with van der Waals surface area (Å²) in [5, 5.41) is 15.5. The maximum atomic E-state index is 8.96. The Hall–Kier alpha value is -2.26. The second-order valence-electron chi connectivity index (χ2n) is 5.31. The molecule has 128 valence electrons. The van der Waals surface area contributed by atoms with E-state index in [0.717, 1.165) is 20.5 Å². The van der Waals surface area contributed by atoms with Gasteiger partial charge in [0, 0.05) is 40.7 Å². The molecule has 0 saturated carbocycles. The van der Waals surface area contributed by atoms with Crippen LogP contribution in [0.2, 0.25) is 0 Å². The molecular formula is C18H18IN5O. The highest BCUT2D eigenvalue weighted by atomic mass is 127. The van der Waals surface area contributed by atoms with Crippen molar-refractivity contribution in [1.29, 1.82) is 0 Å². The maximum Gasteiger partial charge on any atom is 0.225 e. The predicted octanol–water partition coefficient (Wildman–Crippen LogP) is 3.68. The zero-order chi connectivity index (χ0) is 17.5. The van der Waals surface area contributed by atoms with Gasteiger partial charge >= 0.3 is 0 Å². The van der Waals surface area contributed by atoms with Gasteiger partial charge in [0.25, 0.3) is 0 Å². The lowest BCUT2D eigenvalue weighted by Crippen LogP contribution is -2.09. The number of rotatable bonds is 7. The van der Waals surface area contributed by atoms with E-state index in [1.54, 1.807) is 12.4 Å². The molecular weight excluding hydrogens is 429 g/mol. The molecule has 0 amide bonds. The number of nitrogens with zero attached hydrogens (tertiary/aromatic N) is 3. The molecule has 2 heterocycles. The van der Waals surface area contributed by atoms with E-state index in [0.29, 0.717) is 24.7 Å². The molecule has 0 saturated heterocycles. The van der Waals surface area contributed by atoms with E-state index in [1.165, 1.54) is 0 Å². The molecule has 0 aliphatic carbocycles. The standard InChI is InChI=1S/C18H18IN5O/c19-14-4-1-2-5-15(14)22-17-12-16(13-6-9-20-10-7-13)23-18(24-17)21-8-3-11-25/h1-2,4-7,9-10,12,25H,3,8,11H2,(H2,21,22,23,24). The van der Waals surface area contributed by atoms with E-state index < -0.39 is 0 Å². The van der Waals surface area contributed by atoms with Crippen molar-refractivity contribution in [1.82, 2.24) is 15.0 Å². The summed E-state index contributed by atoms with van der Waals surface area (Å²) in [6, 6.07) is 13.8. The van der Waals surface area contributed by atoms with Gasteiger partial charge in [-0.2, -0.15) is 4.98 Å². The van der Waals surface area contributed by atoms with Gasteiger partial charge in [-0.25, -0.2) is 4.98 Å². The van der Waals surface area contributed by atoms with Crippen LogP contribution in [0.25, 0.3) is 11.3 Å². The number of aromatic nitrogens is 3. The molecule has 1 aromatic carbocycles. The topological polar surface area (TPSA) is 83.0 Å². The van der Waals surface area contributed by atoms with Crippen molar-refractivity contribution in [2.75, 3.05) is 23.8 Å². The number of halogens is 1. The first-order valence-electron chi connectivity index (χ1n) is 7.92. The number of hydrogen-bond donors (Lipinski definition) is 3. The molecule has 0 atom stereocenters. The smallest absolute Gasteiger partial charge is 0.225 e. The van der Waals surface area contributed by atoms with Gasteiger partial charge in [0.1, 0.15) is 5.82 Å². The van der Waals surface area contributed by atoms with Crippen LogP contribution in [0.4, 0.5) is 17.5 Å². The Labute approximate surface area is 159 Å². The van der Waals surface area contributed by atoms with Crippen LogP contribution in [0.5, 0.6) is 0 Å². The van der Waals surface area contributed by atoms with Crippen molar-refractivity contribution in [3.05, 3.63) is 58.4 Å². The van der Waals surface area contributed by atoms with Crippen LogP contribution in [0.1, 0.15) is 6.42 Å². The van der Waals surface area contributed by atoms with Crippen molar-refractivity contribution < 1.29 is 5.11 Å². The van der Waals surface area contributed by atoms with Gasteiger partial charge in [-0.3, -0.25) is 4.98 Å². The van der Waals surface area contributed by atoms with Gasteiger partial charge in [0.2, 0.25) is 5.95 Å². The lowest BCUT2D eigenvalue weighted by Gasteiger charge is -2.12. The highest BCUT2D eigenvalue weighted by Gasteiger charge is 2.08. The third-order valence-electron chi connectivity index (χ3n) is 3.46. The van der Waals surface area contributed by atoms with Gasteiger partial charge in [0.05, 0.1) is 11.4 Å². The number of nitrogens with one attached hydrogen (secondary N) is 2. The van der Waals surface area contributed by atoms with Gasteiger partial charge < -0.3 is 15.7 Å². The van der Waals surface area contributed by atoms with Crippen molar-refractivity contribution in [2.45, 2.75) is 6.42 Å². The summed E-state index contributed by atoms with van der Waals surface area (Å²) < 4.78 is 1.11. The van der Waals surface area contributed by atoms with Crippen LogP contribution in [-0.2, 0) is 0 Å². The van der Waals surface area contributed by atoms with Gasteiger partial charge in [-0.15, -0.1) is 0 Å². The van der Waals surface area contributed by atoms with E-state index in [-0.39, 0.29) is 6.61 Å². The van der Waals surface area contributed by atoms with Crippen molar-refractivity contribution in [2.24, 2.45) is 0 Å². The zero-order valence-corrected chi connectivity index (χ0v) is 15.6. The summed E-state index contributed by atoms with van der Waals surface area (Å²) in [6.07, 6.45) is 4.12. The molecule has 0 radical (unpaired) electrons. The van der Waals surface area contributed by atoms with Crippen molar-refractivity contribution >= 4 is 40.0 Å². The summed E-state index contributed by atoms with van der Waals surface area (Å²) in [6.45, 7) is 0.739. The number of hydrogen-bond acceptors (Lipinski definition) is 6. The molecule has 2 aromatic heterocycles. The van der Waals surface area contributed by atoms with E-state index in [2.05, 4.69) is 48.2 Å². The van der Waals surface area contributed by atoms with E-state index >= 15 is 0 Å². The minimum absolute atomic E-state index is 0.129. The highest BCUT2D eigenvalue weighted by molar-refractivity contribution is 14.1. The Morgan fingerprint density at radius 2 is 1.84 bits per heavy atom. The summed E-state index contributed by atoms with van der Waals surface area (Å²) >= 11 is 2.29. The summed E-state index contributed by atoms with van der Waals surface area (Å²) in [4.78, 5) is 13.2. The summed E-state index contributed by atoms with van der Waals surface area (Å²) in [7, 11) is 0. The van der Waals surface area contributed by atoms with Gasteiger partial charge in [0.15, 0.2) is 0 Å². The number of benzene rings is 1. The van der Waals surface area contributed by atoms with Crippen LogP contribution in [0.3, 0.4) is 0 Å². The third-order valence-corrected chi connectivity index (χ3v) is 4.40. The molecule has 0 unspecified atom stereocenters. The number of anilines is 3. The molecule has 7 heteroatoms. The van der Waals surface area contributed by atoms with Crippen LogP contribution >= 0.6 is 22.6 Å². The Balaban J connectivity index is 1.93. The Morgan fingerprint density at radius 1 is 1.04 bits per heavy atom. The van der Waals surface area contributed by atoms with Gasteiger partial charge in [-0.1, -0.05) is 12.1 Å². The second-order valence-corrected chi connectivity index (χ2v) is 6.47. The first kappa shape index (κ1) is 17.6. The molecule has 6 nitrogen and oxygen atoms in total. The molecule has 0 aliphatic rings. The first-order valence-corrected chi connectivity index (χ1v) is 9.00. The van der Waals surface area contributed by atoms with E-state index in [9.17, 15) is 0 Å². The third kappa shape index (κ3) is 4.86. The molecule has 0 fully saturated rings. The Morgan fingerprint density at radius 3 is 2.60 bits per heavy atom.